The van der Waals surface area contributed by atoms with E-state index in [1.807, 2.05) is 12.1 Å². The summed E-state index contributed by atoms with van der Waals surface area (Å²) >= 11 is 23.1. The molecule has 0 aromatic heterocycles. The molecular formula is C14H10Cl3N3S. The van der Waals surface area contributed by atoms with Crippen LogP contribution in [0.2, 0.25) is 15.1 Å². The highest BCUT2D eigenvalue weighted by Gasteiger charge is 2.02. The van der Waals surface area contributed by atoms with Gasteiger partial charge in [0, 0.05) is 16.3 Å². The molecule has 7 heteroatoms. The number of nitrogens with zero attached hydrogens (tertiary/aromatic N) is 1. The maximum atomic E-state index is 6.03. The molecule has 2 N–H and O–H groups in total. The van der Waals surface area contributed by atoms with Gasteiger partial charge in [-0.2, -0.15) is 5.10 Å². The van der Waals surface area contributed by atoms with E-state index in [1.165, 1.54) is 6.21 Å². The van der Waals surface area contributed by atoms with Gasteiger partial charge in [-0.1, -0.05) is 46.9 Å². The Morgan fingerprint density at radius 2 is 1.71 bits per heavy atom. The van der Waals surface area contributed by atoms with Crippen molar-refractivity contribution in [3.63, 3.8) is 0 Å². The minimum absolute atomic E-state index is 0.330. The highest BCUT2D eigenvalue weighted by Crippen LogP contribution is 2.22. The zero-order chi connectivity index (χ0) is 15.2. The molecule has 0 aliphatic carbocycles. The molecule has 108 valence electrons. The van der Waals surface area contributed by atoms with E-state index in [0.717, 1.165) is 5.69 Å². The largest absolute Gasteiger partial charge is 0.331 e. The second-order valence-electron chi connectivity index (χ2n) is 3.97. The Bertz CT molecular complexity index is 669. The van der Waals surface area contributed by atoms with E-state index in [-0.39, 0.29) is 0 Å². The minimum atomic E-state index is 0.330. The van der Waals surface area contributed by atoms with Crippen LogP contribution in [-0.4, -0.2) is 11.3 Å². The van der Waals surface area contributed by atoms with E-state index < -0.39 is 0 Å². The summed E-state index contributed by atoms with van der Waals surface area (Å²) in [6.45, 7) is 0. The van der Waals surface area contributed by atoms with E-state index >= 15 is 0 Å². The summed E-state index contributed by atoms with van der Waals surface area (Å²) in [4.78, 5) is 0. The Morgan fingerprint density at radius 3 is 2.38 bits per heavy atom. The standard InChI is InChI=1S/C14H10Cl3N3S/c15-9-3-1-4-10(7-9)19-14(21)20-18-8-11-12(16)5-2-6-13(11)17/h1-8H,(H2,19,20,21). The molecule has 21 heavy (non-hydrogen) atoms. The molecule has 2 rings (SSSR count). The molecule has 3 nitrogen and oxygen atoms in total. The Labute approximate surface area is 142 Å². The van der Waals surface area contributed by atoms with Gasteiger partial charge in [0.2, 0.25) is 0 Å². The van der Waals surface area contributed by atoms with Crippen LogP contribution in [0.5, 0.6) is 0 Å². The molecule has 0 heterocycles. The van der Waals surface area contributed by atoms with Gasteiger partial charge in [0.15, 0.2) is 5.11 Å². The summed E-state index contributed by atoms with van der Waals surface area (Å²) in [6.07, 6.45) is 1.51. The number of hydrogen-bond acceptors (Lipinski definition) is 2. The summed E-state index contributed by atoms with van der Waals surface area (Å²) in [7, 11) is 0. The van der Waals surface area contributed by atoms with Crippen molar-refractivity contribution < 1.29 is 0 Å². The summed E-state index contributed by atoms with van der Waals surface area (Å²) in [6, 6.07) is 12.4. The second-order valence-corrected chi connectivity index (χ2v) is 5.63. The highest BCUT2D eigenvalue weighted by atomic mass is 35.5. The molecule has 2 aromatic carbocycles. The first-order chi connectivity index (χ1) is 10.1. The number of rotatable bonds is 3. The summed E-state index contributed by atoms with van der Waals surface area (Å²) < 4.78 is 0. The molecule has 0 aliphatic rings. The number of hydrazone groups is 1. The molecule has 0 unspecified atom stereocenters. The molecule has 0 amide bonds. The van der Waals surface area contributed by atoms with Gasteiger partial charge in [-0.3, -0.25) is 5.43 Å². The first-order valence-corrected chi connectivity index (χ1v) is 7.40. The normalized spacial score (nSPS) is 10.6. The molecule has 0 bridgehead atoms. The zero-order valence-electron chi connectivity index (χ0n) is 10.6. The van der Waals surface area contributed by atoms with Gasteiger partial charge in [-0.05, 0) is 42.5 Å². The van der Waals surface area contributed by atoms with Crippen LogP contribution in [0.25, 0.3) is 0 Å². The first kappa shape index (κ1) is 16.0. The molecule has 0 aliphatic heterocycles. The molecule has 0 spiro atoms. The SMILES string of the molecule is S=C(NN=Cc1c(Cl)cccc1Cl)Nc1cccc(Cl)c1. The lowest BCUT2D eigenvalue weighted by atomic mass is 10.2. The fourth-order valence-corrected chi connectivity index (χ4v) is 2.37. The second kappa shape index (κ2) is 7.61. The lowest BCUT2D eigenvalue weighted by Gasteiger charge is -2.07. The number of nitrogens with one attached hydrogen (secondary N) is 2. The Kier molecular flexibility index (Phi) is 5.82. The Hall–Kier alpha value is -1.33. The van der Waals surface area contributed by atoms with E-state index in [2.05, 4.69) is 15.8 Å². The minimum Gasteiger partial charge on any atom is -0.331 e. The molecule has 2 aromatic rings. The zero-order valence-corrected chi connectivity index (χ0v) is 13.7. The fraction of sp³-hybridized carbons (Fsp3) is 0. The van der Waals surface area contributed by atoms with Crippen molar-refractivity contribution in [2.75, 3.05) is 5.32 Å². The van der Waals surface area contributed by atoms with Crippen molar-refractivity contribution in [1.82, 2.24) is 5.43 Å². The summed E-state index contributed by atoms with van der Waals surface area (Å²) in [5.41, 5.74) is 4.08. The first-order valence-electron chi connectivity index (χ1n) is 5.86. The molecule has 0 saturated carbocycles. The molecule has 0 radical (unpaired) electrons. The van der Waals surface area contributed by atoms with Crippen molar-refractivity contribution in [1.29, 1.82) is 0 Å². The van der Waals surface area contributed by atoms with Gasteiger partial charge >= 0.3 is 0 Å². The van der Waals surface area contributed by atoms with Crippen molar-refractivity contribution in [3.05, 3.63) is 63.1 Å². The lowest BCUT2D eigenvalue weighted by Crippen LogP contribution is -2.23. The number of anilines is 1. The molecular weight excluding hydrogens is 349 g/mol. The number of benzene rings is 2. The number of halogens is 3. The lowest BCUT2D eigenvalue weighted by molar-refractivity contribution is 1.05. The van der Waals surface area contributed by atoms with Crippen LogP contribution in [0.1, 0.15) is 5.56 Å². The van der Waals surface area contributed by atoms with Crippen LogP contribution in [0, 0.1) is 0 Å². The molecule has 0 atom stereocenters. The van der Waals surface area contributed by atoms with E-state index in [4.69, 9.17) is 47.0 Å². The predicted octanol–water partition coefficient (Wildman–Crippen LogP) is 4.97. The van der Waals surface area contributed by atoms with Gasteiger partial charge in [0.1, 0.15) is 0 Å². The van der Waals surface area contributed by atoms with Gasteiger partial charge in [0.25, 0.3) is 0 Å². The fourth-order valence-electron chi connectivity index (χ4n) is 1.51. The van der Waals surface area contributed by atoms with Crippen molar-refractivity contribution >= 4 is 64.0 Å². The third kappa shape index (κ3) is 4.86. The van der Waals surface area contributed by atoms with Crippen LogP contribution in [-0.2, 0) is 0 Å². The smallest absolute Gasteiger partial charge is 0.191 e. The quantitative estimate of drug-likeness (QED) is 0.462. The van der Waals surface area contributed by atoms with E-state index in [9.17, 15) is 0 Å². The molecule has 0 fully saturated rings. The van der Waals surface area contributed by atoms with Crippen molar-refractivity contribution in [2.45, 2.75) is 0 Å². The van der Waals surface area contributed by atoms with Crippen LogP contribution < -0.4 is 10.7 Å². The topological polar surface area (TPSA) is 36.4 Å². The highest BCUT2D eigenvalue weighted by molar-refractivity contribution is 7.80. The monoisotopic (exact) mass is 357 g/mol. The third-order valence-corrected chi connectivity index (χ3v) is 3.53. The van der Waals surface area contributed by atoms with Gasteiger partial charge in [-0.15, -0.1) is 0 Å². The average molecular weight is 359 g/mol. The van der Waals surface area contributed by atoms with Crippen LogP contribution >= 0.6 is 47.0 Å². The van der Waals surface area contributed by atoms with Gasteiger partial charge in [-0.25, -0.2) is 0 Å². The maximum Gasteiger partial charge on any atom is 0.191 e. The van der Waals surface area contributed by atoms with Crippen LogP contribution in [0.15, 0.2) is 47.6 Å². The third-order valence-electron chi connectivity index (χ3n) is 2.44. The van der Waals surface area contributed by atoms with E-state index in [0.29, 0.717) is 25.7 Å². The van der Waals surface area contributed by atoms with Gasteiger partial charge < -0.3 is 5.32 Å². The van der Waals surface area contributed by atoms with Gasteiger partial charge in [0.05, 0.1) is 16.3 Å². The Balaban J connectivity index is 1.96. The van der Waals surface area contributed by atoms with Crippen molar-refractivity contribution in [2.24, 2.45) is 5.10 Å². The maximum absolute atomic E-state index is 6.03. The predicted molar refractivity (Wildman–Crippen MR) is 94.9 cm³/mol. The van der Waals surface area contributed by atoms with Crippen LogP contribution in [0.4, 0.5) is 5.69 Å². The number of hydrogen-bond donors (Lipinski definition) is 2. The number of thiocarbonyl (C=S) groups is 1. The summed E-state index contributed by atoms with van der Waals surface area (Å²) in [5, 5.41) is 8.94. The van der Waals surface area contributed by atoms with E-state index in [1.54, 1.807) is 30.3 Å². The molecule has 0 saturated heterocycles. The Morgan fingerprint density at radius 1 is 1.05 bits per heavy atom. The van der Waals surface area contributed by atoms with Crippen LogP contribution in [0.3, 0.4) is 0 Å². The summed E-state index contributed by atoms with van der Waals surface area (Å²) in [5.74, 6) is 0. The van der Waals surface area contributed by atoms with Crippen molar-refractivity contribution in [3.8, 4) is 0 Å². The average Bonchev–Trinajstić information content (AvgIpc) is 2.42.